The Labute approximate surface area is 227 Å². The first-order valence-electron chi connectivity index (χ1n) is 11.2. The number of nitrogens with one attached hydrogen (secondary N) is 2. The molecule has 0 aliphatic heterocycles. The van der Waals surface area contributed by atoms with Crippen molar-refractivity contribution in [2.45, 2.75) is 0 Å². The summed E-state index contributed by atoms with van der Waals surface area (Å²) >= 11 is 7.62. The molecular formula is C27H22ClN3O6S. The number of rotatable bonds is 9. The van der Waals surface area contributed by atoms with Crippen LogP contribution in [0.15, 0.2) is 71.8 Å². The van der Waals surface area contributed by atoms with E-state index in [-0.39, 0.29) is 6.54 Å². The fourth-order valence-electron chi connectivity index (χ4n) is 3.38. The average molecular weight is 552 g/mol. The number of methoxy groups -OCH3 is 2. The molecule has 11 heteroatoms. The van der Waals surface area contributed by atoms with E-state index in [9.17, 15) is 14.4 Å². The summed E-state index contributed by atoms with van der Waals surface area (Å²) in [6.07, 6.45) is 1.42. The maximum atomic E-state index is 12.6. The normalized spacial score (nSPS) is 10.8. The summed E-state index contributed by atoms with van der Waals surface area (Å²) in [4.78, 5) is 37.3. The van der Waals surface area contributed by atoms with Crippen LogP contribution < -0.4 is 25.0 Å². The number of esters is 1. The first-order chi connectivity index (χ1) is 18.4. The first-order valence-corrected chi connectivity index (χ1v) is 12.4. The number of hydrogen-bond donors (Lipinski definition) is 2. The standard InChI is InChI=1S/C27H22ClN3O6S/c1-35-20-12-9-17(13-21(20)36-2)26(33)29-15-23(32)31-30-14-16-7-10-18(11-8-16)37-27(34)25-24(28)19-5-3-4-6-22(19)38-25/h3-14H,15H2,1-2H3,(H,29,33)(H,31,32). The van der Waals surface area contributed by atoms with E-state index < -0.39 is 17.8 Å². The topological polar surface area (TPSA) is 115 Å². The summed E-state index contributed by atoms with van der Waals surface area (Å²) in [5.41, 5.74) is 3.30. The summed E-state index contributed by atoms with van der Waals surface area (Å²) in [6, 6.07) is 18.7. The van der Waals surface area contributed by atoms with Crippen molar-refractivity contribution >= 4 is 57.0 Å². The number of hydrazone groups is 1. The second-order valence-electron chi connectivity index (χ2n) is 7.75. The third-order valence-corrected chi connectivity index (χ3v) is 6.92. The third kappa shape index (κ3) is 6.28. The number of fused-ring (bicyclic) bond motifs is 1. The Balaban J connectivity index is 1.26. The molecule has 1 heterocycles. The molecule has 4 rings (SSSR count). The molecule has 0 saturated heterocycles. The Hall–Kier alpha value is -4.41. The number of amides is 2. The molecule has 4 aromatic rings. The Morgan fingerprint density at radius 1 is 0.974 bits per heavy atom. The highest BCUT2D eigenvalue weighted by molar-refractivity contribution is 7.21. The molecule has 2 N–H and O–H groups in total. The van der Waals surface area contributed by atoms with Gasteiger partial charge in [0.2, 0.25) is 0 Å². The molecule has 9 nitrogen and oxygen atoms in total. The van der Waals surface area contributed by atoms with Crippen molar-refractivity contribution in [3.8, 4) is 17.2 Å². The van der Waals surface area contributed by atoms with Crippen molar-refractivity contribution < 1.29 is 28.6 Å². The van der Waals surface area contributed by atoms with Gasteiger partial charge in [-0.1, -0.05) is 29.8 Å². The fraction of sp³-hybridized carbons (Fsp3) is 0.111. The summed E-state index contributed by atoms with van der Waals surface area (Å²) in [6.45, 7) is -0.278. The van der Waals surface area contributed by atoms with E-state index in [1.807, 2.05) is 24.3 Å². The zero-order valence-electron chi connectivity index (χ0n) is 20.3. The van der Waals surface area contributed by atoms with Crippen LogP contribution in [0.25, 0.3) is 10.1 Å². The molecule has 38 heavy (non-hydrogen) atoms. The van der Waals surface area contributed by atoms with Gasteiger partial charge in [-0.05, 0) is 54.1 Å². The minimum absolute atomic E-state index is 0.278. The minimum Gasteiger partial charge on any atom is -0.493 e. The first kappa shape index (κ1) is 26.6. The fourth-order valence-corrected chi connectivity index (χ4v) is 4.76. The van der Waals surface area contributed by atoms with Crippen molar-refractivity contribution in [2.24, 2.45) is 5.10 Å². The van der Waals surface area contributed by atoms with Gasteiger partial charge in [0.15, 0.2) is 11.5 Å². The van der Waals surface area contributed by atoms with Crippen LogP contribution in [-0.2, 0) is 4.79 Å². The van der Waals surface area contributed by atoms with Gasteiger partial charge in [0, 0.05) is 15.6 Å². The summed E-state index contributed by atoms with van der Waals surface area (Å²) in [7, 11) is 2.96. The zero-order valence-corrected chi connectivity index (χ0v) is 21.9. The predicted octanol–water partition coefficient (Wildman–Crippen LogP) is 4.67. The van der Waals surface area contributed by atoms with Crippen LogP contribution >= 0.6 is 22.9 Å². The van der Waals surface area contributed by atoms with Gasteiger partial charge in [-0.15, -0.1) is 11.3 Å². The van der Waals surface area contributed by atoms with Gasteiger partial charge in [-0.25, -0.2) is 10.2 Å². The smallest absolute Gasteiger partial charge is 0.355 e. The monoisotopic (exact) mass is 551 g/mol. The highest BCUT2D eigenvalue weighted by atomic mass is 35.5. The second-order valence-corrected chi connectivity index (χ2v) is 9.18. The maximum absolute atomic E-state index is 12.6. The van der Waals surface area contributed by atoms with E-state index in [0.29, 0.717) is 38.3 Å². The van der Waals surface area contributed by atoms with Crippen molar-refractivity contribution in [2.75, 3.05) is 20.8 Å². The molecule has 0 aliphatic carbocycles. The van der Waals surface area contributed by atoms with Gasteiger partial charge in [-0.2, -0.15) is 5.10 Å². The molecule has 194 valence electrons. The van der Waals surface area contributed by atoms with Crippen LogP contribution in [0.4, 0.5) is 0 Å². The highest BCUT2D eigenvalue weighted by Crippen LogP contribution is 2.35. The van der Waals surface area contributed by atoms with Crippen molar-refractivity contribution in [1.29, 1.82) is 0 Å². The van der Waals surface area contributed by atoms with E-state index in [2.05, 4.69) is 15.8 Å². The summed E-state index contributed by atoms with van der Waals surface area (Å²) < 4.78 is 16.7. The highest BCUT2D eigenvalue weighted by Gasteiger charge is 2.19. The van der Waals surface area contributed by atoms with Gasteiger partial charge >= 0.3 is 5.97 Å². The molecule has 0 radical (unpaired) electrons. The van der Waals surface area contributed by atoms with Gasteiger partial charge in [0.1, 0.15) is 10.6 Å². The van der Waals surface area contributed by atoms with Crippen LogP contribution in [0.5, 0.6) is 17.2 Å². The molecule has 0 fully saturated rings. The lowest BCUT2D eigenvalue weighted by atomic mass is 10.2. The van der Waals surface area contributed by atoms with Crippen molar-refractivity contribution in [1.82, 2.24) is 10.7 Å². The van der Waals surface area contributed by atoms with E-state index in [4.69, 9.17) is 25.8 Å². The number of nitrogens with zero attached hydrogens (tertiary/aromatic N) is 1. The maximum Gasteiger partial charge on any atom is 0.355 e. The number of halogens is 1. The SMILES string of the molecule is COc1ccc(C(=O)NCC(=O)NN=Cc2ccc(OC(=O)c3sc4ccccc4c3Cl)cc2)cc1OC. The lowest BCUT2D eigenvalue weighted by molar-refractivity contribution is -0.120. The molecule has 0 unspecified atom stereocenters. The quantitative estimate of drug-likeness (QED) is 0.135. The lowest BCUT2D eigenvalue weighted by Gasteiger charge is -2.09. The summed E-state index contributed by atoms with van der Waals surface area (Å²) in [5.74, 6) is -0.280. The largest absolute Gasteiger partial charge is 0.493 e. The third-order valence-electron chi connectivity index (χ3n) is 5.27. The minimum atomic E-state index is -0.542. The van der Waals surface area contributed by atoms with E-state index in [1.165, 1.54) is 37.8 Å². The molecule has 0 atom stereocenters. The van der Waals surface area contributed by atoms with E-state index in [1.54, 1.807) is 36.4 Å². The lowest BCUT2D eigenvalue weighted by Crippen LogP contribution is -2.34. The number of carbonyl (C=O) groups excluding carboxylic acids is 3. The molecule has 0 bridgehead atoms. The number of thiophene rings is 1. The Morgan fingerprint density at radius 2 is 1.71 bits per heavy atom. The van der Waals surface area contributed by atoms with Gasteiger partial charge in [-0.3, -0.25) is 9.59 Å². The molecule has 0 saturated carbocycles. The summed E-state index contributed by atoms with van der Waals surface area (Å²) in [5, 5.41) is 7.57. The van der Waals surface area contributed by atoms with Crippen LogP contribution in [0.2, 0.25) is 5.02 Å². The van der Waals surface area contributed by atoms with Crippen LogP contribution in [0, 0.1) is 0 Å². The van der Waals surface area contributed by atoms with Gasteiger partial charge in [0.05, 0.1) is 32.0 Å². The molecule has 1 aromatic heterocycles. The molecule has 0 aliphatic rings. The van der Waals surface area contributed by atoms with Crippen molar-refractivity contribution in [3.05, 3.63) is 87.8 Å². The Kier molecular flexibility index (Phi) is 8.57. The van der Waals surface area contributed by atoms with E-state index in [0.717, 1.165) is 10.1 Å². The molecule has 0 spiro atoms. The number of hydrogen-bond acceptors (Lipinski definition) is 8. The second kappa shape index (κ2) is 12.2. The Morgan fingerprint density at radius 3 is 2.42 bits per heavy atom. The molecular weight excluding hydrogens is 530 g/mol. The van der Waals surface area contributed by atoms with Crippen LogP contribution in [0.3, 0.4) is 0 Å². The average Bonchev–Trinajstić information content (AvgIpc) is 3.28. The molecule has 2 amide bonds. The van der Waals surface area contributed by atoms with Crippen LogP contribution in [-0.4, -0.2) is 44.8 Å². The number of benzene rings is 3. The molecule has 3 aromatic carbocycles. The predicted molar refractivity (Wildman–Crippen MR) is 146 cm³/mol. The van der Waals surface area contributed by atoms with E-state index >= 15 is 0 Å². The zero-order chi connectivity index (χ0) is 27.1. The van der Waals surface area contributed by atoms with Crippen LogP contribution in [0.1, 0.15) is 25.6 Å². The number of carbonyl (C=O) groups is 3. The van der Waals surface area contributed by atoms with Crippen molar-refractivity contribution in [3.63, 3.8) is 0 Å². The number of ether oxygens (including phenoxy) is 3. The Bertz CT molecular complexity index is 1520. The van der Waals surface area contributed by atoms with Gasteiger partial charge in [0.25, 0.3) is 11.8 Å². The van der Waals surface area contributed by atoms with Gasteiger partial charge < -0.3 is 19.5 Å².